The van der Waals surface area contributed by atoms with Gasteiger partial charge in [0.1, 0.15) is 6.61 Å². The van der Waals surface area contributed by atoms with Gasteiger partial charge in [0, 0.05) is 14.1 Å². The molecule has 1 aliphatic rings. The standard InChI is InChI=1S/C23H25N3O7S/c1-4-32-22(28)19-18(24-23(29)25-20(19)15-9-6-5-7-10-15)14-33-21(27)16-11-8-12-17(13-16)34(30,31)26(2)3/h5-13,20H,4,14H2,1-3H3,(H2,24,25,29)/t20-/m1/s1. The van der Waals surface area contributed by atoms with Crippen molar-refractivity contribution in [2.24, 2.45) is 0 Å². The second kappa shape index (κ2) is 10.5. The van der Waals surface area contributed by atoms with E-state index in [0.717, 1.165) is 4.31 Å². The lowest BCUT2D eigenvalue weighted by molar-refractivity contribution is -0.139. The Kier molecular flexibility index (Phi) is 7.69. The Hall–Kier alpha value is -3.70. The summed E-state index contributed by atoms with van der Waals surface area (Å²) < 4.78 is 36.2. The fourth-order valence-electron chi connectivity index (χ4n) is 3.29. The summed E-state index contributed by atoms with van der Waals surface area (Å²) in [4.78, 5) is 37.6. The average molecular weight is 488 g/mol. The SMILES string of the molecule is CCOC(=O)C1=C(COC(=O)c2cccc(S(=O)(=O)N(C)C)c2)NC(=O)N[C@@H]1c1ccccc1. The molecule has 10 nitrogen and oxygen atoms in total. The van der Waals surface area contributed by atoms with Crippen LogP contribution in [0.5, 0.6) is 0 Å². The molecule has 0 fully saturated rings. The molecule has 2 aromatic carbocycles. The van der Waals surface area contributed by atoms with Gasteiger partial charge >= 0.3 is 18.0 Å². The minimum atomic E-state index is -3.75. The summed E-state index contributed by atoms with van der Waals surface area (Å²) in [6.07, 6.45) is 0. The van der Waals surface area contributed by atoms with Crippen LogP contribution in [0.3, 0.4) is 0 Å². The maximum atomic E-state index is 12.7. The number of esters is 2. The first-order valence-corrected chi connectivity index (χ1v) is 11.8. The zero-order valence-corrected chi connectivity index (χ0v) is 19.7. The van der Waals surface area contributed by atoms with Crippen molar-refractivity contribution in [1.82, 2.24) is 14.9 Å². The molecule has 2 N–H and O–H groups in total. The second-order valence-electron chi connectivity index (χ2n) is 7.45. The molecule has 1 aliphatic heterocycles. The lowest BCUT2D eigenvalue weighted by atomic mass is 9.95. The van der Waals surface area contributed by atoms with Gasteiger partial charge in [0.05, 0.1) is 34.4 Å². The van der Waals surface area contributed by atoms with Gasteiger partial charge in [0.2, 0.25) is 10.0 Å². The van der Waals surface area contributed by atoms with E-state index in [1.807, 2.05) is 0 Å². The van der Waals surface area contributed by atoms with Crippen LogP contribution in [0, 0.1) is 0 Å². The number of hydrogen-bond donors (Lipinski definition) is 2. The lowest BCUT2D eigenvalue weighted by Gasteiger charge is -2.29. The third-order valence-electron chi connectivity index (χ3n) is 4.98. The molecule has 2 amide bonds. The molecule has 1 heterocycles. The van der Waals surface area contributed by atoms with Gasteiger partial charge in [-0.15, -0.1) is 0 Å². The van der Waals surface area contributed by atoms with E-state index in [4.69, 9.17) is 9.47 Å². The van der Waals surface area contributed by atoms with Crippen molar-refractivity contribution in [3.63, 3.8) is 0 Å². The summed E-state index contributed by atoms with van der Waals surface area (Å²) >= 11 is 0. The number of carbonyl (C=O) groups excluding carboxylic acids is 3. The molecule has 0 saturated carbocycles. The topological polar surface area (TPSA) is 131 Å². The second-order valence-corrected chi connectivity index (χ2v) is 9.60. The minimum Gasteiger partial charge on any atom is -0.463 e. The van der Waals surface area contributed by atoms with Crippen LogP contribution in [0.2, 0.25) is 0 Å². The van der Waals surface area contributed by atoms with Crippen molar-refractivity contribution in [2.75, 3.05) is 27.3 Å². The molecule has 34 heavy (non-hydrogen) atoms. The molecule has 0 unspecified atom stereocenters. The van der Waals surface area contributed by atoms with Crippen molar-refractivity contribution in [2.45, 2.75) is 17.9 Å². The van der Waals surface area contributed by atoms with Crippen LogP contribution in [0.4, 0.5) is 4.79 Å². The van der Waals surface area contributed by atoms with Crippen molar-refractivity contribution in [1.29, 1.82) is 0 Å². The van der Waals surface area contributed by atoms with Gasteiger partial charge in [0.25, 0.3) is 0 Å². The summed E-state index contributed by atoms with van der Waals surface area (Å²) in [6.45, 7) is 1.33. The molecule has 0 radical (unpaired) electrons. The van der Waals surface area contributed by atoms with Gasteiger partial charge < -0.3 is 20.1 Å². The Bertz CT molecular complexity index is 1220. The number of benzene rings is 2. The highest BCUT2D eigenvalue weighted by Crippen LogP contribution is 2.28. The first-order chi connectivity index (χ1) is 16.1. The highest BCUT2D eigenvalue weighted by molar-refractivity contribution is 7.89. The van der Waals surface area contributed by atoms with Gasteiger partial charge in [-0.3, -0.25) is 0 Å². The zero-order chi connectivity index (χ0) is 24.9. The van der Waals surface area contributed by atoms with Crippen molar-refractivity contribution in [3.05, 3.63) is 77.0 Å². The normalized spacial score (nSPS) is 16.0. The summed E-state index contributed by atoms with van der Waals surface area (Å²) in [5, 5.41) is 5.20. The number of nitrogens with one attached hydrogen (secondary N) is 2. The predicted molar refractivity (Wildman–Crippen MR) is 122 cm³/mol. The van der Waals surface area contributed by atoms with Crippen LogP contribution in [-0.2, 0) is 24.3 Å². The van der Waals surface area contributed by atoms with E-state index in [0.29, 0.717) is 5.56 Å². The molecule has 2 aromatic rings. The van der Waals surface area contributed by atoms with E-state index < -0.39 is 40.6 Å². The average Bonchev–Trinajstić information content (AvgIpc) is 2.82. The van der Waals surface area contributed by atoms with Crippen molar-refractivity contribution in [3.8, 4) is 0 Å². The lowest BCUT2D eigenvalue weighted by Crippen LogP contribution is -2.47. The van der Waals surface area contributed by atoms with Crippen LogP contribution in [-0.4, -0.2) is 58.0 Å². The van der Waals surface area contributed by atoms with Gasteiger partial charge in [-0.25, -0.2) is 27.1 Å². The fourth-order valence-corrected chi connectivity index (χ4v) is 4.24. The minimum absolute atomic E-state index is 0.00100. The Balaban J connectivity index is 1.90. The maximum absolute atomic E-state index is 12.7. The third-order valence-corrected chi connectivity index (χ3v) is 6.79. The van der Waals surface area contributed by atoms with Gasteiger partial charge in [0.15, 0.2) is 0 Å². The number of amides is 2. The first kappa shape index (κ1) is 24.9. The maximum Gasteiger partial charge on any atom is 0.338 e. The molecular formula is C23H25N3O7S. The molecule has 11 heteroatoms. The fraction of sp³-hybridized carbons (Fsp3) is 0.261. The smallest absolute Gasteiger partial charge is 0.338 e. The van der Waals surface area contributed by atoms with Crippen molar-refractivity contribution >= 4 is 28.0 Å². The molecule has 180 valence electrons. The molecule has 0 aromatic heterocycles. The molecule has 3 rings (SSSR count). The van der Waals surface area contributed by atoms with E-state index in [-0.39, 0.29) is 28.3 Å². The number of urea groups is 1. The Morgan fingerprint density at radius 1 is 1.00 bits per heavy atom. The number of carbonyl (C=O) groups is 3. The van der Waals surface area contributed by atoms with Gasteiger partial charge in [-0.05, 0) is 30.7 Å². The highest BCUT2D eigenvalue weighted by atomic mass is 32.2. The van der Waals surface area contributed by atoms with Gasteiger partial charge in [-0.1, -0.05) is 36.4 Å². The first-order valence-electron chi connectivity index (χ1n) is 10.4. The molecular weight excluding hydrogens is 462 g/mol. The Morgan fingerprint density at radius 3 is 2.35 bits per heavy atom. The number of nitrogens with zero attached hydrogens (tertiary/aromatic N) is 1. The van der Waals surface area contributed by atoms with Gasteiger partial charge in [-0.2, -0.15) is 0 Å². The number of hydrogen-bond acceptors (Lipinski definition) is 7. The van der Waals surface area contributed by atoms with E-state index in [9.17, 15) is 22.8 Å². The Labute approximate surface area is 197 Å². The summed E-state index contributed by atoms with van der Waals surface area (Å²) in [6, 6.07) is 12.8. The van der Waals surface area contributed by atoms with E-state index in [1.165, 1.54) is 38.4 Å². The highest BCUT2D eigenvalue weighted by Gasteiger charge is 2.34. The molecule has 1 atom stereocenters. The van der Waals surface area contributed by atoms with Crippen molar-refractivity contribution < 1.29 is 32.3 Å². The summed E-state index contributed by atoms with van der Waals surface area (Å²) in [5.41, 5.74) is 0.817. The van der Waals surface area contributed by atoms with Crippen LogP contribution in [0.15, 0.2) is 70.8 Å². The predicted octanol–water partition coefficient (Wildman–Crippen LogP) is 1.96. The molecule has 0 aliphatic carbocycles. The quantitative estimate of drug-likeness (QED) is 0.544. The molecule has 0 saturated heterocycles. The van der Waals surface area contributed by atoms with Crippen LogP contribution < -0.4 is 10.6 Å². The molecule has 0 spiro atoms. The molecule has 0 bridgehead atoms. The number of ether oxygens (including phenoxy) is 2. The van der Waals surface area contributed by atoms with Crippen LogP contribution in [0.1, 0.15) is 28.9 Å². The van der Waals surface area contributed by atoms with Crippen LogP contribution in [0.25, 0.3) is 0 Å². The number of rotatable bonds is 8. The summed E-state index contributed by atoms with van der Waals surface area (Å²) in [7, 11) is -0.987. The monoisotopic (exact) mass is 487 g/mol. The van der Waals surface area contributed by atoms with E-state index in [2.05, 4.69) is 10.6 Å². The third kappa shape index (κ3) is 5.43. The number of sulfonamides is 1. The largest absolute Gasteiger partial charge is 0.463 e. The summed E-state index contributed by atoms with van der Waals surface area (Å²) in [5.74, 6) is -1.50. The Morgan fingerprint density at radius 2 is 1.71 bits per heavy atom. The van der Waals surface area contributed by atoms with Crippen LogP contribution >= 0.6 is 0 Å². The zero-order valence-electron chi connectivity index (χ0n) is 18.9. The van der Waals surface area contributed by atoms with E-state index >= 15 is 0 Å². The van der Waals surface area contributed by atoms with E-state index in [1.54, 1.807) is 37.3 Å².